The fourth-order valence-electron chi connectivity index (χ4n) is 1.06. The molecule has 1 rings (SSSR count). The summed E-state index contributed by atoms with van der Waals surface area (Å²) < 4.78 is 40.4. The van der Waals surface area contributed by atoms with Crippen LogP contribution in [0.1, 0.15) is 11.1 Å². The predicted molar refractivity (Wildman–Crippen MR) is 52.8 cm³/mol. The summed E-state index contributed by atoms with van der Waals surface area (Å²) in [6.45, 7) is 3.96. The summed E-state index contributed by atoms with van der Waals surface area (Å²) in [5.74, 6) is 0.240. The molecule has 0 amide bonds. The van der Waals surface area contributed by atoms with Gasteiger partial charge in [0.1, 0.15) is 5.75 Å². The summed E-state index contributed by atoms with van der Waals surface area (Å²) in [5, 5.41) is 0. The quantitative estimate of drug-likeness (QED) is 0.750. The highest BCUT2D eigenvalue weighted by molar-refractivity contribution is 5.51. The van der Waals surface area contributed by atoms with Gasteiger partial charge in [-0.2, -0.15) is 13.2 Å². The van der Waals surface area contributed by atoms with Gasteiger partial charge in [0.2, 0.25) is 0 Å². The maximum Gasteiger partial charge on any atom is 0.422 e. The first-order chi connectivity index (χ1) is 6.92. The third-order valence-corrected chi connectivity index (χ3v) is 1.84. The summed E-state index contributed by atoms with van der Waals surface area (Å²) in [4.78, 5) is 0. The maximum atomic E-state index is 11.9. The average Bonchev–Trinajstić information content (AvgIpc) is 2.15. The first kappa shape index (κ1) is 11.6. The van der Waals surface area contributed by atoms with Crippen molar-refractivity contribution < 1.29 is 17.9 Å². The monoisotopic (exact) mass is 216 g/mol. The third-order valence-electron chi connectivity index (χ3n) is 1.84. The maximum absolute atomic E-state index is 11.9. The van der Waals surface area contributed by atoms with Crippen LogP contribution in [0.25, 0.3) is 6.08 Å². The number of benzene rings is 1. The van der Waals surface area contributed by atoms with E-state index in [0.29, 0.717) is 5.56 Å². The summed E-state index contributed by atoms with van der Waals surface area (Å²) in [6.07, 6.45) is -2.75. The average molecular weight is 216 g/mol. The van der Waals surface area contributed by atoms with Crippen LogP contribution < -0.4 is 4.74 Å². The Kier molecular flexibility index (Phi) is 3.39. The molecule has 0 bridgehead atoms. The molecule has 4 heteroatoms. The van der Waals surface area contributed by atoms with Gasteiger partial charge in [-0.05, 0) is 24.1 Å². The molecule has 0 aliphatic heterocycles. The lowest BCUT2D eigenvalue weighted by Crippen LogP contribution is -2.19. The van der Waals surface area contributed by atoms with Crippen LogP contribution in [0.2, 0.25) is 0 Å². The molecule has 1 aromatic carbocycles. The van der Waals surface area contributed by atoms with Crippen molar-refractivity contribution in [3.63, 3.8) is 0 Å². The molecule has 0 fully saturated rings. The standard InChI is InChI=1S/C11H11F3O/c1-3-9-5-4-8(2)10(6-9)15-7-11(12,13)14/h3-6H,1,7H2,2H3. The van der Waals surface area contributed by atoms with Crippen molar-refractivity contribution in [1.29, 1.82) is 0 Å². The molecule has 15 heavy (non-hydrogen) atoms. The van der Waals surface area contributed by atoms with Crippen molar-refractivity contribution >= 4 is 6.08 Å². The van der Waals surface area contributed by atoms with E-state index < -0.39 is 12.8 Å². The molecule has 82 valence electrons. The summed E-state index contributed by atoms with van der Waals surface area (Å²) in [5.41, 5.74) is 1.41. The number of halogens is 3. The summed E-state index contributed by atoms with van der Waals surface area (Å²) in [6, 6.07) is 5.00. The lowest BCUT2D eigenvalue weighted by Gasteiger charge is -2.11. The van der Waals surface area contributed by atoms with E-state index in [2.05, 4.69) is 11.3 Å². The van der Waals surface area contributed by atoms with Crippen molar-refractivity contribution in [2.24, 2.45) is 0 Å². The Morgan fingerprint density at radius 1 is 1.40 bits per heavy atom. The fourth-order valence-corrected chi connectivity index (χ4v) is 1.06. The highest BCUT2D eigenvalue weighted by Crippen LogP contribution is 2.23. The third kappa shape index (κ3) is 3.65. The SMILES string of the molecule is C=Cc1ccc(C)c(OCC(F)(F)F)c1. The zero-order chi connectivity index (χ0) is 11.5. The van der Waals surface area contributed by atoms with E-state index in [9.17, 15) is 13.2 Å². The van der Waals surface area contributed by atoms with Gasteiger partial charge in [0, 0.05) is 0 Å². The van der Waals surface area contributed by atoms with Crippen LogP contribution in [0.4, 0.5) is 13.2 Å². The van der Waals surface area contributed by atoms with Gasteiger partial charge in [-0.15, -0.1) is 0 Å². The van der Waals surface area contributed by atoms with Crippen LogP contribution in [0, 0.1) is 6.92 Å². The van der Waals surface area contributed by atoms with Gasteiger partial charge in [-0.25, -0.2) is 0 Å². The molecular weight excluding hydrogens is 205 g/mol. The smallest absolute Gasteiger partial charge is 0.422 e. The van der Waals surface area contributed by atoms with E-state index in [1.165, 1.54) is 6.07 Å². The second-order valence-electron chi connectivity index (χ2n) is 3.13. The molecular formula is C11H11F3O. The Hall–Kier alpha value is -1.45. The number of alkyl halides is 3. The summed E-state index contributed by atoms with van der Waals surface area (Å²) >= 11 is 0. The van der Waals surface area contributed by atoms with Crippen LogP contribution in [-0.4, -0.2) is 12.8 Å². The topological polar surface area (TPSA) is 9.23 Å². The minimum absolute atomic E-state index is 0.240. The second kappa shape index (κ2) is 4.38. The Balaban J connectivity index is 2.80. The lowest BCUT2D eigenvalue weighted by molar-refractivity contribution is -0.153. The van der Waals surface area contributed by atoms with Crippen molar-refractivity contribution in [2.45, 2.75) is 13.1 Å². The van der Waals surface area contributed by atoms with Crippen molar-refractivity contribution in [2.75, 3.05) is 6.61 Å². The van der Waals surface area contributed by atoms with Gasteiger partial charge in [0.15, 0.2) is 6.61 Å². The molecule has 1 nitrogen and oxygen atoms in total. The molecule has 0 aromatic heterocycles. The first-order valence-corrected chi connectivity index (χ1v) is 4.35. The van der Waals surface area contributed by atoms with E-state index in [1.54, 1.807) is 25.1 Å². The molecule has 0 aliphatic rings. The van der Waals surface area contributed by atoms with E-state index in [4.69, 9.17) is 0 Å². The van der Waals surface area contributed by atoms with E-state index in [0.717, 1.165) is 5.56 Å². The molecule has 0 saturated carbocycles. The van der Waals surface area contributed by atoms with Crippen molar-refractivity contribution in [3.05, 3.63) is 35.9 Å². The zero-order valence-electron chi connectivity index (χ0n) is 8.27. The molecule has 0 saturated heterocycles. The molecule has 0 unspecified atom stereocenters. The Morgan fingerprint density at radius 3 is 2.60 bits per heavy atom. The molecule has 0 radical (unpaired) electrons. The molecule has 1 aromatic rings. The first-order valence-electron chi connectivity index (χ1n) is 4.35. The number of ether oxygens (including phenoxy) is 1. The number of hydrogen-bond donors (Lipinski definition) is 0. The fraction of sp³-hybridized carbons (Fsp3) is 0.273. The Morgan fingerprint density at radius 2 is 2.07 bits per heavy atom. The van der Waals surface area contributed by atoms with Gasteiger partial charge in [0.25, 0.3) is 0 Å². The van der Waals surface area contributed by atoms with E-state index in [-0.39, 0.29) is 5.75 Å². The largest absolute Gasteiger partial charge is 0.484 e. The number of aryl methyl sites for hydroxylation is 1. The van der Waals surface area contributed by atoms with Gasteiger partial charge in [-0.3, -0.25) is 0 Å². The molecule has 0 N–H and O–H groups in total. The van der Waals surface area contributed by atoms with Crippen LogP contribution in [0.5, 0.6) is 5.75 Å². The van der Waals surface area contributed by atoms with Gasteiger partial charge < -0.3 is 4.74 Å². The Labute approximate surface area is 86.2 Å². The molecule has 0 heterocycles. The van der Waals surface area contributed by atoms with E-state index >= 15 is 0 Å². The van der Waals surface area contributed by atoms with Crippen LogP contribution in [0.3, 0.4) is 0 Å². The molecule has 0 spiro atoms. The van der Waals surface area contributed by atoms with Gasteiger partial charge in [-0.1, -0.05) is 24.8 Å². The number of hydrogen-bond acceptors (Lipinski definition) is 1. The highest BCUT2D eigenvalue weighted by atomic mass is 19.4. The molecule has 0 atom stereocenters. The van der Waals surface area contributed by atoms with Crippen molar-refractivity contribution in [1.82, 2.24) is 0 Å². The van der Waals surface area contributed by atoms with Crippen molar-refractivity contribution in [3.8, 4) is 5.75 Å². The van der Waals surface area contributed by atoms with E-state index in [1.807, 2.05) is 0 Å². The minimum Gasteiger partial charge on any atom is -0.484 e. The van der Waals surface area contributed by atoms with Gasteiger partial charge >= 0.3 is 6.18 Å². The second-order valence-corrected chi connectivity index (χ2v) is 3.13. The summed E-state index contributed by atoms with van der Waals surface area (Å²) in [7, 11) is 0. The van der Waals surface area contributed by atoms with Crippen LogP contribution in [0.15, 0.2) is 24.8 Å². The highest BCUT2D eigenvalue weighted by Gasteiger charge is 2.28. The van der Waals surface area contributed by atoms with Crippen LogP contribution >= 0.6 is 0 Å². The van der Waals surface area contributed by atoms with Crippen LogP contribution in [-0.2, 0) is 0 Å². The minimum atomic E-state index is -4.31. The van der Waals surface area contributed by atoms with Gasteiger partial charge in [0.05, 0.1) is 0 Å². The molecule has 0 aliphatic carbocycles. The number of rotatable bonds is 3. The lowest BCUT2D eigenvalue weighted by atomic mass is 10.1. The predicted octanol–water partition coefficient (Wildman–Crippen LogP) is 3.58. The normalized spacial score (nSPS) is 11.2. The Bertz CT molecular complexity index is 355. The zero-order valence-corrected chi connectivity index (χ0v) is 8.27.